The van der Waals surface area contributed by atoms with Crippen LogP contribution < -0.4 is 10.5 Å². The maximum Gasteiger partial charge on any atom is 0.192 e. The number of likely N-dealkylation sites (tertiary alicyclic amines) is 1. The molecule has 0 radical (unpaired) electrons. The van der Waals surface area contributed by atoms with E-state index in [0.717, 1.165) is 19.6 Å². The Hall–Kier alpha value is -1.82. The predicted molar refractivity (Wildman–Crippen MR) is 72.5 cm³/mol. The van der Waals surface area contributed by atoms with E-state index >= 15 is 0 Å². The number of rotatable bonds is 5. The van der Waals surface area contributed by atoms with E-state index in [0.29, 0.717) is 18.1 Å². The minimum atomic E-state index is -0.0337. The van der Waals surface area contributed by atoms with Crippen LogP contribution in [0.5, 0.6) is 5.75 Å². The van der Waals surface area contributed by atoms with Crippen molar-refractivity contribution in [3.8, 4) is 5.75 Å². The van der Waals surface area contributed by atoms with Gasteiger partial charge in [-0.1, -0.05) is 11.6 Å². The first-order valence-corrected chi connectivity index (χ1v) is 6.59. The SMILES string of the molecule is N/C(=N/O)c1ncccc1OCCN1CCCCC1. The average Bonchev–Trinajstić information content (AvgIpc) is 2.48. The number of hydrogen-bond acceptors (Lipinski definition) is 5. The van der Waals surface area contributed by atoms with Crippen LogP contribution in [0.2, 0.25) is 0 Å². The molecule has 2 rings (SSSR count). The maximum absolute atomic E-state index is 8.70. The molecular weight excluding hydrogens is 244 g/mol. The van der Waals surface area contributed by atoms with Gasteiger partial charge in [-0.15, -0.1) is 0 Å². The van der Waals surface area contributed by atoms with Gasteiger partial charge in [0.15, 0.2) is 11.5 Å². The van der Waals surface area contributed by atoms with Crippen LogP contribution in [-0.2, 0) is 0 Å². The zero-order valence-electron chi connectivity index (χ0n) is 11.0. The molecule has 6 nitrogen and oxygen atoms in total. The topological polar surface area (TPSA) is 84.0 Å². The van der Waals surface area contributed by atoms with Crippen molar-refractivity contribution < 1.29 is 9.94 Å². The lowest BCUT2D eigenvalue weighted by molar-refractivity contribution is 0.183. The highest BCUT2D eigenvalue weighted by molar-refractivity contribution is 5.97. The summed E-state index contributed by atoms with van der Waals surface area (Å²) in [6, 6.07) is 3.54. The van der Waals surface area contributed by atoms with Gasteiger partial charge in [0.05, 0.1) is 0 Å². The molecule has 1 aromatic rings. The van der Waals surface area contributed by atoms with Gasteiger partial charge in [-0.05, 0) is 38.1 Å². The van der Waals surface area contributed by atoms with Crippen molar-refractivity contribution >= 4 is 5.84 Å². The third-order valence-corrected chi connectivity index (χ3v) is 3.23. The molecule has 0 amide bonds. The highest BCUT2D eigenvalue weighted by atomic mass is 16.5. The van der Waals surface area contributed by atoms with Crippen molar-refractivity contribution in [3.05, 3.63) is 24.0 Å². The molecule has 0 aliphatic carbocycles. The molecule has 19 heavy (non-hydrogen) atoms. The van der Waals surface area contributed by atoms with Crippen LogP contribution in [-0.4, -0.2) is 47.2 Å². The van der Waals surface area contributed by atoms with E-state index in [1.165, 1.54) is 19.3 Å². The molecule has 6 heteroatoms. The Kier molecular flexibility index (Phi) is 4.97. The molecule has 2 heterocycles. The summed E-state index contributed by atoms with van der Waals surface area (Å²) in [4.78, 5) is 6.45. The van der Waals surface area contributed by atoms with Crippen molar-refractivity contribution in [2.45, 2.75) is 19.3 Å². The van der Waals surface area contributed by atoms with E-state index < -0.39 is 0 Å². The Bertz CT molecular complexity index is 430. The average molecular weight is 264 g/mol. The van der Waals surface area contributed by atoms with Gasteiger partial charge in [0.1, 0.15) is 12.4 Å². The largest absolute Gasteiger partial charge is 0.490 e. The monoisotopic (exact) mass is 264 g/mol. The van der Waals surface area contributed by atoms with E-state index in [-0.39, 0.29) is 5.84 Å². The summed E-state index contributed by atoms with van der Waals surface area (Å²) < 4.78 is 5.69. The molecule has 1 aliphatic rings. The summed E-state index contributed by atoms with van der Waals surface area (Å²) >= 11 is 0. The molecule has 0 aromatic carbocycles. The first kappa shape index (κ1) is 13.6. The fourth-order valence-corrected chi connectivity index (χ4v) is 2.21. The molecule has 0 spiro atoms. The molecule has 1 fully saturated rings. The van der Waals surface area contributed by atoms with Gasteiger partial charge < -0.3 is 15.7 Å². The lowest BCUT2D eigenvalue weighted by atomic mass is 10.1. The second-order valence-electron chi connectivity index (χ2n) is 4.59. The second kappa shape index (κ2) is 6.94. The predicted octanol–water partition coefficient (Wildman–Crippen LogP) is 1.04. The summed E-state index contributed by atoms with van der Waals surface area (Å²) in [7, 11) is 0. The van der Waals surface area contributed by atoms with Crippen molar-refractivity contribution in [1.29, 1.82) is 0 Å². The molecule has 1 saturated heterocycles. The Balaban J connectivity index is 1.88. The zero-order valence-corrected chi connectivity index (χ0v) is 11.0. The molecular formula is C13H20N4O2. The normalized spacial score (nSPS) is 17.4. The number of nitrogens with two attached hydrogens (primary N) is 1. The molecule has 104 valence electrons. The van der Waals surface area contributed by atoms with E-state index in [4.69, 9.17) is 15.7 Å². The Labute approximate surface area is 112 Å². The molecule has 0 bridgehead atoms. The van der Waals surface area contributed by atoms with Gasteiger partial charge in [-0.3, -0.25) is 4.90 Å². The molecule has 1 aliphatic heterocycles. The summed E-state index contributed by atoms with van der Waals surface area (Å²) in [5, 5.41) is 11.7. The van der Waals surface area contributed by atoms with E-state index in [2.05, 4.69) is 15.0 Å². The van der Waals surface area contributed by atoms with Crippen LogP contribution >= 0.6 is 0 Å². The second-order valence-corrected chi connectivity index (χ2v) is 4.59. The van der Waals surface area contributed by atoms with Crippen LogP contribution in [0.4, 0.5) is 0 Å². The summed E-state index contributed by atoms with van der Waals surface area (Å²) in [6.45, 7) is 3.76. The Morgan fingerprint density at radius 2 is 2.21 bits per heavy atom. The number of aromatic nitrogens is 1. The summed E-state index contributed by atoms with van der Waals surface area (Å²) in [6.07, 6.45) is 5.45. The smallest absolute Gasteiger partial charge is 0.192 e. The first-order chi connectivity index (χ1) is 9.31. The van der Waals surface area contributed by atoms with Crippen molar-refractivity contribution in [2.24, 2.45) is 10.9 Å². The Morgan fingerprint density at radius 1 is 1.42 bits per heavy atom. The van der Waals surface area contributed by atoms with Gasteiger partial charge in [0, 0.05) is 12.7 Å². The van der Waals surface area contributed by atoms with E-state index in [1.54, 1.807) is 18.3 Å². The minimum absolute atomic E-state index is 0.0337. The number of oxime groups is 1. The fourth-order valence-electron chi connectivity index (χ4n) is 2.21. The molecule has 1 aromatic heterocycles. The van der Waals surface area contributed by atoms with Gasteiger partial charge in [-0.25, -0.2) is 4.98 Å². The quantitative estimate of drug-likeness (QED) is 0.359. The number of ether oxygens (including phenoxy) is 1. The van der Waals surface area contributed by atoms with Gasteiger partial charge in [0.25, 0.3) is 0 Å². The minimum Gasteiger partial charge on any atom is -0.490 e. The molecule has 0 saturated carbocycles. The van der Waals surface area contributed by atoms with Crippen LogP contribution in [0.25, 0.3) is 0 Å². The van der Waals surface area contributed by atoms with E-state index in [1.807, 2.05) is 0 Å². The van der Waals surface area contributed by atoms with Crippen molar-refractivity contribution in [2.75, 3.05) is 26.2 Å². The molecule has 3 N–H and O–H groups in total. The van der Waals surface area contributed by atoms with Crippen molar-refractivity contribution in [3.63, 3.8) is 0 Å². The third kappa shape index (κ3) is 3.82. The number of amidine groups is 1. The highest BCUT2D eigenvalue weighted by Gasteiger charge is 2.12. The number of piperidine rings is 1. The highest BCUT2D eigenvalue weighted by Crippen LogP contribution is 2.15. The molecule has 0 atom stereocenters. The van der Waals surface area contributed by atoms with Crippen LogP contribution in [0.3, 0.4) is 0 Å². The van der Waals surface area contributed by atoms with E-state index in [9.17, 15) is 0 Å². The standard InChI is InChI=1S/C13H20N4O2/c14-13(16-18)12-11(5-4-6-15-12)19-10-9-17-7-2-1-3-8-17/h4-6,18H,1-3,7-10H2,(H2,14,16). The number of hydrogen-bond donors (Lipinski definition) is 2. The van der Waals surface area contributed by atoms with Crippen LogP contribution in [0, 0.1) is 0 Å². The maximum atomic E-state index is 8.70. The first-order valence-electron chi connectivity index (χ1n) is 6.59. The fraction of sp³-hybridized carbons (Fsp3) is 0.538. The van der Waals surface area contributed by atoms with Crippen LogP contribution in [0.15, 0.2) is 23.5 Å². The Morgan fingerprint density at radius 3 is 2.95 bits per heavy atom. The van der Waals surface area contributed by atoms with Gasteiger partial charge in [-0.2, -0.15) is 0 Å². The van der Waals surface area contributed by atoms with Gasteiger partial charge >= 0.3 is 0 Å². The zero-order chi connectivity index (χ0) is 13.5. The van der Waals surface area contributed by atoms with Crippen LogP contribution in [0.1, 0.15) is 25.0 Å². The third-order valence-electron chi connectivity index (χ3n) is 3.23. The van der Waals surface area contributed by atoms with Crippen molar-refractivity contribution in [1.82, 2.24) is 9.88 Å². The lowest BCUT2D eigenvalue weighted by Crippen LogP contribution is -2.33. The number of pyridine rings is 1. The summed E-state index contributed by atoms with van der Waals surface area (Å²) in [5.74, 6) is 0.517. The lowest BCUT2D eigenvalue weighted by Gasteiger charge is -2.26. The molecule has 0 unspecified atom stereocenters. The van der Waals surface area contributed by atoms with Gasteiger partial charge in [0.2, 0.25) is 0 Å². The number of nitrogens with zero attached hydrogens (tertiary/aromatic N) is 3. The summed E-state index contributed by atoms with van der Waals surface area (Å²) in [5.41, 5.74) is 5.94.